The van der Waals surface area contributed by atoms with E-state index in [0.717, 1.165) is 5.69 Å². The fourth-order valence-corrected chi connectivity index (χ4v) is 0.964. The second-order valence-corrected chi connectivity index (χ2v) is 3.50. The molecule has 0 saturated carbocycles. The highest BCUT2D eigenvalue weighted by molar-refractivity contribution is 5.18. The van der Waals surface area contributed by atoms with Crippen molar-refractivity contribution in [2.75, 3.05) is 0 Å². The van der Waals surface area contributed by atoms with Crippen LogP contribution in [0.3, 0.4) is 0 Å². The lowest BCUT2D eigenvalue weighted by molar-refractivity contribution is 0.0799. The molecular weight excluding hydrogens is 154 g/mol. The topological polar surface area (TPSA) is 53.4 Å². The summed E-state index contributed by atoms with van der Waals surface area (Å²) in [5.74, 6) is 0.148. The minimum absolute atomic E-state index is 0.148. The van der Waals surface area contributed by atoms with E-state index in [1.807, 2.05) is 0 Å². The fraction of sp³-hybridized carbons (Fsp3) is 0.444. The Labute approximate surface area is 71.7 Å². The lowest BCUT2D eigenvalue weighted by Crippen LogP contribution is -2.22. The molecule has 0 aliphatic heterocycles. The van der Waals surface area contributed by atoms with Gasteiger partial charge in [0.05, 0.1) is 11.8 Å². The van der Waals surface area contributed by atoms with Crippen molar-refractivity contribution in [3.8, 4) is 5.75 Å². The molecule has 1 heterocycles. The maximum absolute atomic E-state index is 9.44. The minimum Gasteiger partial charge on any atom is -0.506 e. The van der Waals surface area contributed by atoms with Gasteiger partial charge in [-0.05, 0) is 26.0 Å². The Kier molecular flexibility index (Phi) is 2.33. The van der Waals surface area contributed by atoms with Gasteiger partial charge < -0.3 is 10.2 Å². The minimum atomic E-state index is -0.746. The molecule has 0 radical (unpaired) electrons. The number of aromatic hydroxyl groups is 1. The van der Waals surface area contributed by atoms with Crippen molar-refractivity contribution < 1.29 is 10.2 Å². The molecule has 0 unspecified atom stereocenters. The van der Waals surface area contributed by atoms with Crippen LogP contribution in [0.15, 0.2) is 18.3 Å². The maximum atomic E-state index is 9.44. The number of rotatable bonds is 2. The number of hydrogen-bond acceptors (Lipinski definition) is 3. The van der Waals surface area contributed by atoms with Gasteiger partial charge in [0.25, 0.3) is 0 Å². The van der Waals surface area contributed by atoms with Crippen LogP contribution in [-0.2, 0) is 6.42 Å². The molecule has 0 fully saturated rings. The van der Waals surface area contributed by atoms with Gasteiger partial charge in [0, 0.05) is 12.1 Å². The number of hydrogen-bond donors (Lipinski definition) is 2. The third-order valence-electron chi connectivity index (χ3n) is 1.42. The molecule has 3 heteroatoms. The molecule has 1 aromatic rings. The van der Waals surface area contributed by atoms with Crippen LogP contribution < -0.4 is 0 Å². The van der Waals surface area contributed by atoms with E-state index in [1.165, 1.54) is 6.20 Å². The first-order valence-electron chi connectivity index (χ1n) is 3.84. The van der Waals surface area contributed by atoms with Crippen molar-refractivity contribution in [1.82, 2.24) is 4.98 Å². The van der Waals surface area contributed by atoms with Gasteiger partial charge in [-0.2, -0.15) is 0 Å². The number of nitrogens with zero attached hydrogens (tertiary/aromatic N) is 1. The Morgan fingerprint density at radius 3 is 2.50 bits per heavy atom. The first kappa shape index (κ1) is 9.00. The summed E-state index contributed by atoms with van der Waals surface area (Å²) in [5, 5.41) is 18.4. The van der Waals surface area contributed by atoms with Crippen LogP contribution in [0.4, 0.5) is 0 Å². The highest BCUT2D eigenvalue weighted by atomic mass is 16.3. The molecule has 0 saturated heterocycles. The first-order chi connectivity index (χ1) is 5.47. The monoisotopic (exact) mass is 167 g/mol. The largest absolute Gasteiger partial charge is 0.506 e. The zero-order chi connectivity index (χ0) is 9.19. The summed E-state index contributed by atoms with van der Waals surface area (Å²) < 4.78 is 0. The molecule has 66 valence electrons. The Morgan fingerprint density at radius 1 is 1.42 bits per heavy atom. The number of pyridine rings is 1. The molecule has 2 N–H and O–H groups in total. The van der Waals surface area contributed by atoms with Crippen LogP contribution in [-0.4, -0.2) is 20.8 Å². The van der Waals surface area contributed by atoms with Gasteiger partial charge in [0.15, 0.2) is 0 Å². The molecule has 1 rings (SSSR count). The molecule has 1 aromatic heterocycles. The summed E-state index contributed by atoms with van der Waals surface area (Å²) in [6.45, 7) is 3.45. The van der Waals surface area contributed by atoms with E-state index < -0.39 is 5.60 Å². The van der Waals surface area contributed by atoms with Gasteiger partial charge in [-0.25, -0.2) is 0 Å². The van der Waals surface area contributed by atoms with Crippen LogP contribution in [0.25, 0.3) is 0 Å². The van der Waals surface area contributed by atoms with Crippen molar-refractivity contribution in [3.63, 3.8) is 0 Å². The first-order valence-corrected chi connectivity index (χ1v) is 3.84. The Bertz CT molecular complexity index is 248. The molecule has 0 bridgehead atoms. The Balaban J connectivity index is 2.71. The third-order valence-corrected chi connectivity index (χ3v) is 1.42. The molecule has 0 aromatic carbocycles. The summed E-state index contributed by atoms with van der Waals surface area (Å²) in [7, 11) is 0. The van der Waals surface area contributed by atoms with E-state index in [-0.39, 0.29) is 5.75 Å². The van der Waals surface area contributed by atoms with Gasteiger partial charge in [-0.15, -0.1) is 0 Å². The van der Waals surface area contributed by atoms with Gasteiger partial charge in [0.2, 0.25) is 0 Å². The van der Waals surface area contributed by atoms with Gasteiger partial charge in [-0.1, -0.05) is 0 Å². The molecule has 0 atom stereocenters. The number of aliphatic hydroxyl groups is 1. The highest BCUT2D eigenvalue weighted by Gasteiger charge is 2.13. The lowest BCUT2D eigenvalue weighted by atomic mass is 10.0. The standard InChI is InChI=1S/C9H13NO2/c1-9(2,12)5-7-3-4-8(11)6-10-7/h3-4,6,11-12H,5H2,1-2H3. The summed E-state index contributed by atoms with van der Waals surface area (Å²) in [5.41, 5.74) is 0.0320. The number of aromatic nitrogens is 1. The van der Waals surface area contributed by atoms with Crippen LogP contribution in [0.2, 0.25) is 0 Å². The maximum Gasteiger partial charge on any atom is 0.133 e. The van der Waals surface area contributed by atoms with Crippen LogP contribution in [0, 0.1) is 0 Å². The summed E-state index contributed by atoms with van der Waals surface area (Å²) >= 11 is 0. The van der Waals surface area contributed by atoms with Gasteiger partial charge in [-0.3, -0.25) is 4.98 Å². The summed E-state index contributed by atoms with van der Waals surface area (Å²) in [6.07, 6.45) is 1.87. The van der Waals surface area contributed by atoms with E-state index >= 15 is 0 Å². The fourth-order valence-electron chi connectivity index (χ4n) is 0.964. The van der Waals surface area contributed by atoms with Crippen molar-refractivity contribution >= 4 is 0 Å². The van der Waals surface area contributed by atoms with Crippen molar-refractivity contribution in [2.45, 2.75) is 25.9 Å². The molecule has 0 aliphatic carbocycles. The van der Waals surface area contributed by atoms with E-state index in [1.54, 1.807) is 26.0 Å². The SMILES string of the molecule is CC(C)(O)Cc1ccc(O)cn1. The third kappa shape index (κ3) is 2.88. The second-order valence-electron chi connectivity index (χ2n) is 3.50. The van der Waals surface area contributed by atoms with E-state index in [9.17, 15) is 5.11 Å². The molecule has 0 spiro atoms. The van der Waals surface area contributed by atoms with Crippen molar-refractivity contribution in [2.24, 2.45) is 0 Å². The normalized spacial score (nSPS) is 11.6. The van der Waals surface area contributed by atoms with Crippen LogP contribution in [0.1, 0.15) is 19.5 Å². The summed E-state index contributed by atoms with van der Waals surface area (Å²) in [6, 6.07) is 3.27. The molecule has 0 aliphatic rings. The zero-order valence-corrected chi connectivity index (χ0v) is 7.28. The van der Waals surface area contributed by atoms with E-state index in [2.05, 4.69) is 4.98 Å². The predicted molar refractivity (Wildman–Crippen MR) is 45.9 cm³/mol. The van der Waals surface area contributed by atoms with Crippen LogP contribution >= 0.6 is 0 Å². The zero-order valence-electron chi connectivity index (χ0n) is 7.28. The van der Waals surface area contributed by atoms with Crippen molar-refractivity contribution in [1.29, 1.82) is 0 Å². The quantitative estimate of drug-likeness (QED) is 0.693. The molecule has 3 nitrogen and oxygen atoms in total. The van der Waals surface area contributed by atoms with Gasteiger partial charge in [0.1, 0.15) is 5.75 Å². The second kappa shape index (κ2) is 3.11. The highest BCUT2D eigenvalue weighted by Crippen LogP contribution is 2.12. The van der Waals surface area contributed by atoms with Crippen LogP contribution in [0.5, 0.6) is 5.75 Å². The molecule has 0 amide bonds. The van der Waals surface area contributed by atoms with E-state index in [4.69, 9.17) is 5.11 Å². The molecular formula is C9H13NO2. The lowest BCUT2D eigenvalue weighted by Gasteiger charge is -2.15. The average Bonchev–Trinajstić information content (AvgIpc) is 1.91. The predicted octanol–water partition coefficient (Wildman–Crippen LogP) is 1.10. The summed E-state index contributed by atoms with van der Waals surface area (Å²) in [4.78, 5) is 3.95. The van der Waals surface area contributed by atoms with E-state index in [0.29, 0.717) is 6.42 Å². The smallest absolute Gasteiger partial charge is 0.133 e. The molecule has 12 heavy (non-hydrogen) atoms. The van der Waals surface area contributed by atoms with Gasteiger partial charge >= 0.3 is 0 Å². The Morgan fingerprint density at radius 2 is 2.08 bits per heavy atom. The Hall–Kier alpha value is -1.09. The average molecular weight is 167 g/mol. The van der Waals surface area contributed by atoms with Crippen molar-refractivity contribution in [3.05, 3.63) is 24.0 Å².